The van der Waals surface area contributed by atoms with E-state index in [1.54, 1.807) is 6.07 Å². The summed E-state index contributed by atoms with van der Waals surface area (Å²) in [5, 5.41) is 15.4. The Labute approximate surface area is 85.5 Å². The van der Waals surface area contributed by atoms with Gasteiger partial charge in [0.15, 0.2) is 0 Å². The van der Waals surface area contributed by atoms with Crippen LogP contribution in [0.25, 0.3) is 0 Å². The van der Waals surface area contributed by atoms with E-state index in [9.17, 15) is 4.39 Å². The molecule has 0 fully saturated rings. The molecule has 0 aliphatic carbocycles. The maximum atomic E-state index is 12.9. The first-order chi connectivity index (χ1) is 7.13. The molecule has 0 aliphatic rings. The fraction of sp³-hybridized carbons (Fsp3) is 0. The molecule has 0 unspecified atom stereocenters. The number of hydrogen-bond donors (Lipinski definition) is 2. The van der Waals surface area contributed by atoms with E-state index in [-0.39, 0.29) is 11.5 Å². The van der Waals surface area contributed by atoms with Crippen molar-refractivity contribution < 1.29 is 4.39 Å². The summed E-state index contributed by atoms with van der Waals surface area (Å²) >= 11 is 0. The Morgan fingerprint density at radius 3 is 2.80 bits per heavy atom. The normalized spacial score (nSPS) is 9.87. The highest BCUT2D eigenvalue weighted by Gasteiger charge is 2.00. The number of hydrogen-bond acceptors (Lipinski definition) is 3. The first-order valence-corrected chi connectivity index (χ1v) is 3.95. The van der Waals surface area contributed by atoms with Gasteiger partial charge in [-0.05, 0) is 17.7 Å². The van der Waals surface area contributed by atoms with Gasteiger partial charge in [0, 0.05) is 0 Å². The molecule has 0 atom stereocenters. The highest BCUT2D eigenvalue weighted by Crippen LogP contribution is 2.07. The zero-order chi connectivity index (χ0) is 11.3. The molecule has 1 aromatic rings. The SMILES string of the molecule is N#Cc1cc(C=NN=C(N)N)ccc1F. The molecular weight excluding hydrogens is 197 g/mol. The zero-order valence-electron chi connectivity index (χ0n) is 7.68. The minimum Gasteiger partial charge on any atom is -0.369 e. The van der Waals surface area contributed by atoms with Crippen molar-refractivity contribution in [2.45, 2.75) is 0 Å². The van der Waals surface area contributed by atoms with Crippen molar-refractivity contribution in [1.82, 2.24) is 0 Å². The predicted molar refractivity (Wildman–Crippen MR) is 54.5 cm³/mol. The van der Waals surface area contributed by atoms with Crippen LogP contribution in [0.5, 0.6) is 0 Å². The van der Waals surface area contributed by atoms with E-state index in [1.807, 2.05) is 0 Å². The van der Waals surface area contributed by atoms with Crippen molar-refractivity contribution in [2.24, 2.45) is 21.7 Å². The molecular formula is C9H8FN5. The molecule has 4 N–H and O–H groups in total. The lowest BCUT2D eigenvalue weighted by Crippen LogP contribution is -2.21. The monoisotopic (exact) mass is 205 g/mol. The highest BCUT2D eigenvalue weighted by molar-refractivity contribution is 5.82. The summed E-state index contributed by atoms with van der Waals surface area (Å²) in [4.78, 5) is 0. The van der Waals surface area contributed by atoms with E-state index in [1.165, 1.54) is 24.4 Å². The summed E-state index contributed by atoms with van der Waals surface area (Å²) in [5.74, 6) is -0.745. The van der Waals surface area contributed by atoms with Crippen LogP contribution in [0.4, 0.5) is 4.39 Å². The largest absolute Gasteiger partial charge is 0.369 e. The third kappa shape index (κ3) is 3.08. The van der Waals surface area contributed by atoms with E-state index < -0.39 is 5.82 Å². The Balaban J connectivity index is 2.94. The van der Waals surface area contributed by atoms with Gasteiger partial charge in [-0.25, -0.2) is 4.39 Å². The summed E-state index contributed by atoms with van der Waals surface area (Å²) in [6, 6.07) is 5.70. The molecule has 0 saturated heterocycles. The van der Waals surface area contributed by atoms with Crippen LogP contribution in [0.15, 0.2) is 28.4 Å². The molecule has 0 heterocycles. The number of nitrogens with zero attached hydrogens (tertiary/aromatic N) is 3. The quantitative estimate of drug-likeness (QED) is 0.412. The second-order valence-corrected chi connectivity index (χ2v) is 2.62. The molecule has 15 heavy (non-hydrogen) atoms. The fourth-order valence-electron chi connectivity index (χ4n) is 0.871. The second kappa shape index (κ2) is 4.72. The van der Waals surface area contributed by atoms with Crippen LogP contribution < -0.4 is 11.5 Å². The molecule has 0 saturated carbocycles. The van der Waals surface area contributed by atoms with E-state index in [4.69, 9.17) is 16.7 Å². The molecule has 1 rings (SSSR count). The summed E-state index contributed by atoms with van der Waals surface area (Å²) in [5.41, 5.74) is 10.6. The third-order valence-corrected chi connectivity index (χ3v) is 1.49. The van der Waals surface area contributed by atoms with Gasteiger partial charge < -0.3 is 11.5 Å². The highest BCUT2D eigenvalue weighted by atomic mass is 19.1. The topological polar surface area (TPSA) is 101 Å². The number of nitriles is 1. The second-order valence-electron chi connectivity index (χ2n) is 2.62. The van der Waals surface area contributed by atoms with Gasteiger partial charge in [0.2, 0.25) is 5.96 Å². The summed E-state index contributed by atoms with van der Waals surface area (Å²) in [7, 11) is 0. The van der Waals surface area contributed by atoms with Crippen LogP contribution in [0, 0.1) is 17.1 Å². The Bertz CT molecular complexity index is 454. The minimum absolute atomic E-state index is 0.0522. The number of nitrogens with two attached hydrogens (primary N) is 2. The van der Waals surface area contributed by atoms with Crippen LogP contribution in [0.1, 0.15) is 11.1 Å². The van der Waals surface area contributed by atoms with Crippen molar-refractivity contribution >= 4 is 12.2 Å². The van der Waals surface area contributed by atoms with E-state index in [0.717, 1.165) is 0 Å². The number of benzene rings is 1. The Kier molecular flexibility index (Phi) is 3.35. The molecule has 6 heteroatoms. The zero-order valence-corrected chi connectivity index (χ0v) is 7.68. The molecule has 0 aromatic heterocycles. The van der Waals surface area contributed by atoms with E-state index >= 15 is 0 Å². The maximum absolute atomic E-state index is 12.9. The van der Waals surface area contributed by atoms with Gasteiger partial charge in [0.25, 0.3) is 0 Å². The number of guanidine groups is 1. The molecule has 0 aliphatic heterocycles. The van der Waals surface area contributed by atoms with E-state index in [0.29, 0.717) is 5.56 Å². The molecule has 1 aromatic carbocycles. The van der Waals surface area contributed by atoms with Crippen LogP contribution in [-0.4, -0.2) is 12.2 Å². The molecule has 5 nitrogen and oxygen atoms in total. The van der Waals surface area contributed by atoms with Crippen molar-refractivity contribution in [3.63, 3.8) is 0 Å². The Morgan fingerprint density at radius 2 is 2.20 bits per heavy atom. The van der Waals surface area contributed by atoms with Crippen molar-refractivity contribution in [1.29, 1.82) is 5.26 Å². The number of rotatable bonds is 2. The fourth-order valence-corrected chi connectivity index (χ4v) is 0.871. The summed E-state index contributed by atoms with van der Waals surface area (Å²) < 4.78 is 12.9. The van der Waals surface area contributed by atoms with Crippen LogP contribution in [0.2, 0.25) is 0 Å². The molecule has 0 bridgehead atoms. The van der Waals surface area contributed by atoms with Gasteiger partial charge in [-0.3, -0.25) is 0 Å². The van der Waals surface area contributed by atoms with E-state index in [2.05, 4.69) is 10.2 Å². The Morgan fingerprint density at radius 1 is 1.47 bits per heavy atom. The summed E-state index contributed by atoms with van der Waals surface area (Å²) in [6.45, 7) is 0. The first kappa shape index (κ1) is 10.7. The van der Waals surface area contributed by atoms with Crippen LogP contribution >= 0.6 is 0 Å². The van der Waals surface area contributed by atoms with Gasteiger partial charge in [-0.2, -0.15) is 10.4 Å². The maximum Gasteiger partial charge on any atom is 0.211 e. The standard InChI is InChI=1S/C9H8FN5/c10-8-2-1-6(3-7(8)4-11)5-14-15-9(12)13/h1-3,5H,(H4,12,13,15). The predicted octanol–water partition coefficient (Wildman–Crippen LogP) is 0.305. The van der Waals surface area contributed by atoms with Gasteiger partial charge in [-0.1, -0.05) is 6.07 Å². The van der Waals surface area contributed by atoms with Crippen molar-refractivity contribution in [2.75, 3.05) is 0 Å². The van der Waals surface area contributed by atoms with Gasteiger partial charge in [-0.15, -0.1) is 5.10 Å². The lowest BCUT2D eigenvalue weighted by Gasteiger charge is -1.94. The van der Waals surface area contributed by atoms with Crippen molar-refractivity contribution in [3.05, 3.63) is 35.1 Å². The number of halogens is 1. The van der Waals surface area contributed by atoms with Crippen LogP contribution in [0.3, 0.4) is 0 Å². The smallest absolute Gasteiger partial charge is 0.211 e. The molecule has 76 valence electrons. The average molecular weight is 205 g/mol. The molecule has 0 amide bonds. The Hall–Kier alpha value is -2.42. The lowest BCUT2D eigenvalue weighted by molar-refractivity contribution is 0.624. The van der Waals surface area contributed by atoms with Gasteiger partial charge in [0.05, 0.1) is 11.8 Å². The first-order valence-electron chi connectivity index (χ1n) is 3.95. The molecule has 0 radical (unpaired) electrons. The summed E-state index contributed by atoms with van der Waals surface area (Å²) in [6.07, 6.45) is 1.32. The van der Waals surface area contributed by atoms with Crippen LogP contribution in [-0.2, 0) is 0 Å². The van der Waals surface area contributed by atoms with Gasteiger partial charge >= 0.3 is 0 Å². The third-order valence-electron chi connectivity index (χ3n) is 1.49. The minimum atomic E-state index is -0.573. The molecule has 0 spiro atoms. The van der Waals surface area contributed by atoms with Gasteiger partial charge in [0.1, 0.15) is 11.9 Å². The van der Waals surface area contributed by atoms with Crippen molar-refractivity contribution in [3.8, 4) is 6.07 Å². The lowest BCUT2D eigenvalue weighted by atomic mass is 10.1. The average Bonchev–Trinajstić information content (AvgIpc) is 2.20.